The van der Waals surface area contributed by atoms with Gasteiger partial charge in [0.2, 0.25) is 0 Å². The summed E-state index contributed by atoms with van der Waals surface area (Å²) < 4.78 is 36.8. The lowest BCUT2D eigenvalue weighted by atomic mass is 10.1. The molecule has 0 aromatic carbocycles. The number of hydrogen-bond donors (Lipinski definition) is 0. The fourth-order valence-corrected chi connectivity index (χ4v) is 0.921. The molecule has 0 atom stereocenters. The van der Waals surface area contributed by atoms with Crippen molar-refractivity contribution in [1.82, 2.24) is 4.98 Å². The summed E-state index contributed by atoms with van der Waals surface area (Å²) in [5.74, 6) is -0.613. The van der Waals surface area contributed by atoms with E-state index in [4.69, 9.17) is 5.26 Å². The highest BCUT2D eigenvalue weighted by Gasteiger charge is 2.33. The van der Waals surface area contributed by atoms with Gasteiger partial charge in [0, 0.05) is 6.92 Å². The molecule has 15 heavy (non-hydrogen) atoms. The molecule has 3 nitrogen and oxygen atoms in total. The van der Waals surface area contributed by atoms with Gasteiger partial charge in [-0.05, 0) is 12.1 Å². The molecule has 0 aliphatic rings. The number of pyridine rings is 1. The SMILES string of the molecule is CC(=O)c1cc(C#N)cc(C(F)(F)F)n1. The Kier molecular flexibility index (Phi) is 2.75. The second-order valence-corrected chi connectivity index (χ2v) is 2.79. The number of Topliss-reactive ketones (excluding diaryl/α,β-unsaturated/α-hetero) is 1. The average molecular weight is 214 g/mol. The predicted octanol–water partition coefficient (Wildman–Crippen LogP) is 2.17. The Morgan fingerprint density at radius 1 is 1.47 bits per heavy atom. The van der Waals surface area contributed by atoms with Crippen LogP contribution in [0.2, 0.25) is 0 Å². The minimum atomic E-state index is -4.66. The highest BCUT2D eigenvalue weighted by Crippen LogP contribution is 2.28. The molecule has 0 amide bonds. The molecule has 0 N–H and O–H groups in total. The summed E-state index contributed by atoms with van der Waals surface area (Å²) in [7, 11) is 0. The van der Waals surface area contributed by atoms with Gasteiger partial charge < -0.3 is 0 Å². The van der Waals surface area contributed by atoms with Gasteiger partial charge in [-0.25, -0.2) is 4.98 Å². The van der Waals surface area contributed by atoms with Crippen molar-refractivity contribution < 1.29 is 18.0 Å². The number of hydrogen-bond acceptors (Lipinski definition) is 3. The number of carbonyl (C=O) groups is 1. The maximum atomic E-state index is 12.3. The first kappa shape index (κ1) is 11.2. The minimum Gasteiger partial charge on any atom is -0.293 e. The third-order valence-electron chi connectivity index (χ3n) is 1.61. The lowest BCUT2D eigenvalue weighted by Crippen LogP contribution is -2.11. The molecule has 0 bridgehead atoms. The molecule has 0 radical (unpaired) electrons. The molecular weight excluding hydrogens is 209 g/mol. The van der Waals surface area contributed by atoms with Crippen molar-refractivity contribution in [3.63, 3.8) is 0 Å². The minimum absolute atomic E-state index is 0.234. The predicted molar refractivity (Wildman–Crippen MR) is 44.0 cm³/mol. The summed E-state index contributed by atoms with van der Waals surface area (Å²) in [5, 5.41) is 8.48. The summed E-state index contributed by atoms with van der Waals surface area (Å²) >= 11 is 0. The van der Waals surface area contributed by atoms with Gasteiger partial charge in [0.1, 0.15) is 11.4 Å². The summed E-state index contributed by atoms with van der Waals surface area (Å²) in [5.41, 5.74) is -1.82. The zero-order chi connectivity index (χ0) is 11.6. The Balaban J connectivity index is 3.38. The fourth-order valence-electron chi connectivity index (χ4n) is 0.921. The standard InChI is InChI=1S/C9H5F3N2O/c1-5(15)7-2-6(4-13)3-8(14-7)9(10,11)12/h2-3H,1H3. The molecule has 78 valence electrons. The highest BCUT2D eigenvalue weighted by atomic mass is 19.4. The van der Waals surface area contributed by atoms with Crippen LogP contribution in [0.15, 0.2) is 12.1 Å². The van der Waals surface area contributed by atoms with Gasteiger partial charge in [-0.1, -0.05) is 0 Å². The van der Waals surface area contributed by atoms with Crippen LogP contribution in [0.3, 0.4) is 0 Å². The van der Waals surface area contributed by atoms with Crippen LogP contribution in [0.25, 0.3) is 0 Å². The zero-order valence-electron chi connectivity index (χ0n) is 7.59. The molecule has 0 aliphatic carbocycles. The largest absolute Gasteiger partial charge is 0.433 e. The van der Waals surface area contributed by atoms with E-state index in [1.165, 1.54) is 0 Å². The van der Waals surface area contributed by atoms with Crippen LogP contribution in [0.1, 0.15) is 28.7 Å². The second-order valence-electron chi connectivity index (χ2n) is 2.79. The Morgan fingerprint density at radius 2 is 2.07 bits per heavy atom. The smallest absolute Gasteiger partial charge is 0.293 e. The molecule has 0 spiro atoms. The van der Waals surface area contributed by atoms with Gasteiger partial charge in [0.15, 0.2) is 5.78 Å². The van der Waals surface area contributed by atoms with Crippen molar-refractivity contribution in [1.29, 1.82) is 5.26 Å². The van der Waals surface area contributed by atoms with E-state index in [1.807, 2.05) is 0 Å². The highest BCUT2D eigenvalue weighted by molar-refractivity contribution is 5.92. The summed E-state index contributed by atoms with van der Waals surface area (Å²) in [6, 6.07) is 3.17. The molecule has 0 saturated heterocycles. The molecule has 0 saturated carbocycles. The van der Waals surface area contributed by atoms with Crippen LogP contribution in [-0.4, -0.2) is 10.8 Å². The van der Waals surface area contributed by atoms with Gasteiger partial charge in [0.05, 0.1) is 11.6 Å². The van der Waals surface area contributed by atoms with Crippen molar-refractivity contribution in [3.05, 3.63) is 29.1 Å². The van der Waals surface area contributed by atoms with Crippen LogP contribution in [-0.2, 0) is 6.18 Å². The van der Waals surface area contributed by atoms with Crippen LogP contribution >= 0.6 is 0 Å². The van der Waals surface area contributed by atoms with Crippen LogP contribution in [0, 0.1) is 11.3 Å². The third kappa shape index (κ3) is 2.53. The van der Waals surface area contributed by atoms with E-state index >= 15 is 0 Å². The maximum Gasteiger partial charge on any atom is 0.433 e. The number of nitrogens with zero attached hydrogens (tertiary/aromatic N) is 2. The molecule has 1 rings (SSSR count). The molecule has 0 unspecified atom stereocenters. The molecule has 0 fully saturated rings. The van der Waals surface area contributed by atoms with E-state index in [0.717, 1.165) is 13.0 Å². The molecule has 6 heteroatoms. The van der Waals surface area contributed by atoms with E-state index < -0.39 is 17.7 Å². The molecule has 1 heterocycles. The molecular formula is C9H5F3N2O. The quantitative estimate of drug-likeness (QED) is 0.673. The van der Waals surface area contributed by atoms with Crippen molar-refractivity contribution in [2.45, 2.75) is 13.1 Å². The molecule has 1 aromatic rings. The number of nitriles is 1. The number of ketones is 1. The van der Waals surface area contributed by atoms with E-state index in [2.05, 4.69) is 4.98 Å². The van der Waals surface area contributed by atoms with Crippen LogP contribution < -0.4 is 0 Å². The monoisotopic (exact) mass is 214 g/mol. The van der Waals surface area contributed by atoms with Gasteiger partial charge in [-0.15, -0.1) is 0 Å². The van der Waals surface area contributed by atoms with E-state index in [1.54, 1.807) is 6.07 Å². The van der Waals surface area contributed by atoms with Crippen molar-refractivity contribution in [3.8, 4) is 6.07 Å². The lowest BCUT2D eigenvalue weighted by molar-refractivity contribution is -0.141. The zero-order valence-corrected chi connectivity index (χ0v) is 7.59. The first-order chi connectivity index (χ1) is 6.84. The van der Waals surface area contributed by atoms with E-state index in [-0.39, 0.29) is 11.3 Å². The Labute approximate surface area is 83.2 Å². The summed E-state index contributed by atoms with van der Waals surface area (Å²) in [4.78, 5) is 14.0. The summed E-state index contributed by atoms with van der Waals surface area (Å²) in [6.07, 6.45) is -4.66. The maximum absolute atomic E-state index is 12.3. The number of rotatable bonds is 1. The first-order valence-electron chi connectivity index (χ1n) is 3.85. The van der Waals surface area contributed by atoms with E-state index in [9.17, 15) is 18.0 Å². The molecule has 0 aliphatic heterocycles. The topological polar surface area (TPSA) is 53.8 Å². The van der Waals surface area contributed by atoms with Crippen molar-refractivity contribution >= 4 is 5.78 Å². The average Bonchev–Trinajstić information content (AvgIpc) is 2.15. The van der Waals surface area contributed by atoms with Gasteiger partial charge >= 0.3 is 6.18 Å². The third-order valence-corrected chi connectivity index (χ3v) is 1.61. The van der Waals surface area contributed by atoms with E-state index in [0.29, 0.717) is 6.07 Å². The fraction of sp³-hybridized carbons (Fsp3) is 0.222. The van der Waals surface area contributed by atoms with Crippen molar-refractivity contribution in [2.24, 2.45) is 0 Å². The number of carbonyl (C=O) groups excluding carboxylic acids is 1. The molecule has 1 aromatic heterocycles. The number of aromatic nitrogens is 1. The number of alkyl halides is 3. The Morgan fingerprint density at radius 3 is 2.47 bits per heavy atom. The summed E-state index contributed by atoms with van der Waals surface area (Å²) in [6.45, 7) is 1.09. The lowest BCUT2D eigenvalue weighted by Gasteiger charge is -2.06. The van der Waals surface area contributed by atoms with Gasteiger partial charge in [-0.2, -0.15) is 18.4 Å². The van der Waals surface area contributed by atoms with Crippen LogP contribution in [0.4, 0.5) is 13.2 Å². The normalized spacial score (nSPS) is 10.9. The van der Waals surface area contributed by atoms with Crippen LogP contribution in [0.5, 0.6) is 0 Å². The van der Waals surface area contributed by atoms with Gasteiger partial charge in [-0.3, -0.25) is 4.79 Å². The Hall–Kier alpha value is -1.90. The second kappa shape index (κ2) is 3.69. The van der Waals surface area contributed by atoms with Crippen molar-refractivity contribution in [2.75, 3.05) is 0 Å². The van der Waals surface area contributed by atoms with Gasteiger partial charge in [0.25, 0.3) is 0 Å². The first-order valence-corrected chi connectivity index (χ1v) is 3.85. The number of halogens is 3. The Bertz CT molecular complexity index is 446.